The third kappa shape index (κ3) is 6.95. The predicted molar refractivity (Wildman–Crippen MR) is 151 cm³/mol. The lowest BCUT2D eigenvalue weighted by atomic mass is 9.76. The summed E-state index contributed by atoms with van der Waals surface area (Å²) in [6.45, 7) is 5.89. The van der Waals surface area contributed by atoms with Gasteiger partial charge in [0, 0.05) is 12.6 Å². The molecule has 1 atom stereocenters. The Morgan fingerprint density at radius 2 is 1.79 bits per heavy atom. The number of benzene rings is 2. The largest absolute Gasteiger partial charge is 0.492 e. The molecule has 39 heavy (non-hydrogen) atoms. The molecule has 2 aliphatic carbocycles. The highest BCUT2D eigenvalue weighted by atomic mass is 35.5. The summed E-state index contributed by atoms with van der Waals surface area (Å²) >= 11 is 6.26. The molecule has 1 saturated heterocycles. The molecule has 0 bridgehead atoms. The zero-order valence-corrected chi connectivity index (χ0v) is 24.1. The number of carbonyl (C=O) groups is 1. The van der Waals surface area contributed by atoms with Crippen molar-refractivity contribution in [2.75, 3.05) is 19.7 Å². The van der Waals surface area contributed by atoms with E-state index in [1.54, 1.807) is 0 Å². The van der Waals surface area contributed by atoms with Crippen LogP contribution in [0, 0.1) is 17.2 Å². The Labute approximate surface area is 236 Å². The second kappa shape index (κ2) is 11.8. The van der Waals surface area contributed by atoms with Gasteiger partial charge in [-0.1, -0.05) is 42.8 Å². The second-order valence-electron chi connectivity index (χ2n) is 11.6. The molecule has 2 aromatic rings. The van der Waals surface area contributed by atoms with Crippen LogP contribution in [0.25, 0.3) is 0 Å². The molecule has 2 aromatic carbocycles. The normalized spacial score (nSPS) is 21.3. The van der Waals surface area contributed by atoms with Crippen LogP contribution in [0.15, 0.2) is 36.4 Å². The highest BCUT2D eigenvalue weighted by molar-refractivity contribution is 7.91. The van der Waals surface area contributed by atoms with E-state index in [0.29, 0.717) is 30.8 Å². The van der Waals surface area contributed by atoms with Gasteiger partial charge < -0.3 is 4.74 Å². The molecule has 0 radical (unpaired) electrons. The Balaban J connectivity index is 1.07. The van der Waals surface area contributed by atoms with Crippen LogP contribution in [-0.4, -0.2) is 44.2 Å². The van der Waals surface area contributed by atoms with Crippen LogP contribution in [-0.2, 0) is 23.0 Å². The van der Waals surface area contributed by atoms with Crippen molar-refractivity contribution in [1.82, 2.24) is 9.62 Å². The van der Waals surface area contributed by atoms with E-state index >= 15 is 0 Å². The van der Waals surface area contributed by atoms with Gasteiger partial charge in [0.1, 0.15) is 11.6 Å². The molecule has 3 fully saturated rings. The number of ether oxygens (including phenoxy) is 1. The van der Waals surface area contributed by atoms with Gasteiger partial charge in [-0.2, -0.15) is 0 Å². The number of piperidine rings is 1. The summed E-state index contributed by atoms with van der Waals surface area (Å²) in [4.78, 5) is 14.9. The molecule has 1 heterocycles. The lowest BCUT2D eigenvalue weighted by Crippen LogP contribution is -2.38. The Bertz CT molecular complexity index is 1290. The maximum Gasteiger partial charge on any atom is 0.267 e. The van der Waals surface area contributed by atoms with Crippen LogP contribution in [0.5, 0.6) is 5.75 Å². The predicted octanol–water partition coefficient (Wildman–Crippen LogP) is 6.11. The zero-order valence-electron chi connectivity index (χ0n) is 22.6. The Morgan fingerprint density at radius 3 is 2.46 bits per heavy atom. The number of hydrogen-bond donors (Lipinski definition) is 1. The molecule has 6 nitrogen and oxygen atoms in total. The molecule has 212 valence electrons. The van der Waals surface area contributed by atoms with Gasteiger partial charge >= 0.3 is 0 Å². The molecule has 1 aliphatic heterocycles. The molecule has 5 rings (SSSR count). The Hall–Kier alpha value is -2.16. The average Bonchev–Trinajstić information content (AvgIpc) is 3.71. The summed E-state index contributed by atoms with van der Waals surface area (Å²) < 4.78 is 46.4. The lowest BCUT2D eigenvalue weighted by molar-refractivity contribution is 0.0977. The number of carbonyl (C=O) groups excluding carboxylic acids is 1. The van der Waals surface area contributed by atoms with Gasteiger partial charge in [-0.25, -0.2) is 17.5 Å². The number of hydrogen-bond acceptors (Lipinski definition) is 5. The third-order valence-corrected chi connectivity index (χ3v) is 10.9. The minimum atomic E-state index is -3.77. The second-order valence-corrected chi connectivity index (χ2v) is 14.0. The van der Waals surface area contributed by atoms with Gasteiger partial charge in [-0.3, -0.25) is 9.69 Å². The van der Waals surface area contributed by atoms with Gasteiger partial charge in [-0.15, -0.1) is 0 Å². The minimum Gasteiger partial charge on any atom is -0.492 e. The lowest BCUT2D eigenvalue weighted by Gasteiger charge is -2.39. The molecule has 1 spiro atoms. The Morgan fingerprint density at radius 1 is 1.10 bits per heavy atom. The number of rotatable bonds is 10. The number of likely N-dealkylation sites (tertiary alicyclic amines) is 1. The zero-order chi connectivity index (χ0) is 27.6. The maximum atomic E-state index is 14.6. The van der Waals surface area contributed by atoms with E-state index < -0.39 is 32.6 Å². The molecule has 1 unspecified atom stereocenters. The fourth-order valence-electron chi connectivity index (χ4n) is 6.15. The SMILES string of the molecule is CCc1ccc(CN2CCC3(CCC(CCOc4cc(F)c(C(=O)NS(=O)(=O)C5CC5)cc4Cl)C3)CC2)cc1. The van der Waals surface area contributed by atoms with Crippen LogP contribution in [0.1, 0.15) is 79.8 Å². The standard InChI is InChI=1S/C30H38ClFN2O4S/c1-2-21-3-5-23(6-4-21)20-34-14-12-30(13-15-34)11-9-22(19-30)10-16-38-28-18-27(32)25(17-26(28)31)29(35)33-39(36,37)24-7-8-24/h3-6,17-18,22,24H,2,7-16,19-20H2,1H3,(H,33,35). The highest BCUT2D eigenvalue weighted by Gasteiger charge is 2.41. The van der Waals surface area contributed by atoms with E-state index in [9.17, 15) is 17.6 Å². The van der Waals surface area contributed by atoms with Crippen molar-refractivity contribution in [2.45, 2.75) is 76.5 Å². The van der Waals surface area contributed by atoms with E-state index in [1.165, 1.54) is 43.2 Å². The summed E-state index contributed by atoms with van der Waals surface area (Å²) in [7, 11) is -3.77. The van der Waals surface area contributed by atoms with Crippen LogP contribution < -0.4 is 9.46 Å². The van der Waals surface area contributed by atoms with Gasteiger partial charge in [0.05, 0.1) is 22.4 Å². The molecule has 2 saturated carbocycles. The maximum absolute atomic E-state index is 14.6. The number of halogens is 2. The monoisotopic (exact) mass is 576 g/mol. The quantitative estimate of drug-likeness (QED) is 0.369. The van der Waals surface area contributed by atoms with Crippen molar-refractivity contribution in [3.05, 3.63) is 63.9 Å². The Kier molecular flexibility index (Phi) is 8.55. The van der Waals surface area contributed by atoms with Crippen LogP contribution >= 0.6 is 11.6 Å². The third-order valence-electron chi connectivity index (χ3n) is 8.81. The summed E-state index contributed by atoms with van der Waals surface area (Å²) in [6.07, 6.45) is 9.05. The van der Waals surface area contributed by atoms with Crippen molar-refractivity contribution in [3.8, 4) is 5.75 Å². The first-order chi connectivity index (χ1) is 18.7. The first-order valence-corrected chi connectivity index (χ1v) is 16.1. The molecule has 1 amide bonds. The smallest absolute Gasteiger partial charge is 0.267 e. The van der Waals surface area contributed by atoms with Crippen LogP contribution in [0.2, 0.25) is 5.02 Å². The first kappa shape index (κ1) is 28.4. The van der Waals surface area contributed by atoms with Crippen molar-refractivity contribution in [1.29, 1.82) is 0 Å². The molecule has 3 aliphatic rings. The number of nitrogens with one attached hydrogen (secondary N) is 1. The minimum absolute atomic E-state index is 0.0879. The summed E-state index contributed by atoms with van der Waals surface area (Å²) in [5, 5.41) is -0.488. The fraction of sp³-hybridized carbons (Fsp3) is 0.567. The number of sulfonamides is 1. The average molecular weight is 577 g/mol. The van der Waals surface area contributed by atoms with E-state index in [1.807, 2.05) is 4.72 Å². The van der Waals surface area contributed by atoms with E-state index in [0.717, 1.165) is 44.6 Å². The van der Waals surface area contributed by atoms with Crippen molar-refractivity contribution in [3.63, 3.8) is 0 Å². The van der Waals surface area contributed by atoms with Crippen molar-refractivity contribution < 1.29 is 22.3 Å². The molecule has 9 heteroatoms. The van der Waals surface area contributed by atoms with Gasteiger partial charge in [0.25, 0.3) is 5.91 Å². The summed E-state index contributed by atoms with van der Waals surface area (Å²) in [5.41, 5.74) is 2.79. The number of nitrogens with zero attached hydrogens (tertiary/aromatic N) is 1. The van der Waals surface area contributed by atoms with E-state index in [-0.39, 0.29) is 10.8 Å². The molecular formula is C30H38ClFN2O4S. The molecular weight excluding hydrogens is 539 g/mol. The molecule has 1 N–H and O–H groups in total. The van der Waals surface area contributed by atoms with Crippen molar-refractivity contribution >= 4 is 27.5 Å². The van der Waals surface area contributed by atoms with Gasteiger partial charge in [-0.05, 0) is 99.4 Å². The summed E-state index contributed by atoms with van der Waals surface area (Å²) in [6, 6.07) is 11.2. The first-order valence-electron chi connectivity index (χ1n) is 14.1. The van der Waals surface area contributed by atoms with E-state index in [4.69, 9.17) is 16.3 Å². The van der Waals surface area contributed by atoms with Crippen LogP contribution in [0.3, 0.4) is 0 Å². The fourth-order valence-corrected chi connectivity index (χ4v) is 7.66. The van der Waals surface area contributed by atoms with Gasteiger partial charge in [0.15, 0.2) is 0 Å². The van der Waals surface area contributed by atoms with Crippen molar-refractivity contribution in [2.24, 2.45) is 11.3 Å². The number of aryl methyl sites for hydroxylation is 1. The van der Waals surface area contributed by atoms with Crippen LogP contribution in [0.4, 0.5) is 4.39 Å². The highest BCUT2D eigenvalue weighted by Crippen LogP contribution is 2.50. The molecule has 0 aromatic heterocycles. The topological polar surface area (TPSA) is 75.7 Å². The van der Waals surface area contributed by atoms with Gasteiger partial charge in [0.2, 0.25) is 10.0 Å². The number of amides is 1. The summed E-state index contributed by atoms with van der Waals surface area (Å²) in [5.74, 6) is -1.13. The van der Waals surface area contributed by atoms with E-state index in [2.05, 4.69) is 36.1 Å².